The van der Waals surface area contributed by atoms with Gasteiger partial charge < -0.3 is 10.4 Å². The van der Waals surface area contributed by atoms with Crippen molar-refractivity contribution in [3.05, 3.63) is 70.7 Å². The van der Waals surface area contributed by atoms with Gasteiger partial charge in [0.25, 0.3) is 0 Å². The highest BCUT2D eigenvalue weighted by Gasteiger charge is 2.34. The van der Waals surface area contributed by atoms with Crippen molar-refractivity contribution in [2.75, 3.05) is 5.32 Å². The number of benzene rings is 2. The Morgan fingerprint density at radius 2 is 1.73 bits per heavy atom. The van der Waals surface area contributed by atoms with Crippen LogP contribution in [0.4, 0.5) is 29.1 Å². The van der Waals surface area contributed by atoms with Gasteiger partial charge in [-0.05, 0) is 43.7 Å². The molecular weight excluding hydrogens is 402 g/mol. The van der Waals surface area contributed by atoms with Crippen LogP contribution in [-0.2, 0) is 17.4 Å². The maximum atomic E-state index is 14.0. The zero-order valence-corrected chi connectivity index (χ0v) is 16.0. The number of aryl methyl sites for hydroxylation is 1. The van der Waals surface area contributed by atoms with Crippen LogP contribution in [0.1, 0.15) is 22.4 Å². The Morgan fingerprint density at radius 3 is 2.30 bits per heavy atom. The average Bonchev–Trinajstić information content (AvgIpc) is 2.65. The predicted molar refractivity (Wildman–Crippen MR) is 103 cm³/mol. The number of alkyl halides is 3. The maximum Gasteiger partial charge on any atom is 0.419 e. The molecule has 0 aliphatic rings. The summed E-state index contributed by atoms with van der Waals surface area (Å²) < 4.78 is 52.3. The van der Waals surface area contributed by atoms with Crippen LogP contribution in [0.2, 0.25) is 0 Å². The van der Waals surface area contributed by atoms with Crippen molar-refractivity contribution in [3.63, 3.8) is 0 Å². The molecule has 30 heavy (non-hydrogen) atoms. The van der Waals surface area contributed by atoms with Crippen LogP contribution in [0, 0.1) is 19.7 Å². The van der Waals surface area contributed by atoms with Gasteiger partial charge in [-0.15, -0.1) is 0 Å². The molecule has 0 aliphatic carbocycles. The number of aliphatic carboxylic acids is 1. The third kappa shape index (κ3) is 4.73. The van der Waals surface area contributed by atoms with Crippen molar-refractivity contribution < 1.29 is 27.5 Å². The fourth-order valence-corrected chi connectivity index (χ4v) is 2.78. The molecule has 0 saturated carbocycles. The molecule has 156 valence electrons. The molecule has 0 spiro atoms. The van der Waals surface area contributed by atoms with Gasteiger partial charge in [0, 0.05) is 22.5 Å². The van der Waals surface area contributed by atoms with E-state index in [1.54, 1.807) is 38.1 Å². The number of nitrogens with one attached hydrogen (secondary N) is 1. The Hall–Kier alpha value is -3.49. The maximum absolute atomic E-state index is 14.0. The van der Waals surface area contributed by atoms with Crippen LogP contribution in [0.3, 0.4) is 0 Å². The van der Waals surface area contributed by atoms with Gasteiger partial charge in [0.15, 0.2) is 5.82 Å². The van der Waals surface area contributed by atoms with Crippen LogP contribution in [0.25, 0.3) is 11.4 Å². The van der Waals surface area contributed by atoms with E-state index in [9.17, 15) is 22.4 Å². The predicted octanol–water partition coefficient (Wildman–Crippen LogP) is 5.29. The van der Waals surface area contributed by atoms with Crippen molar-refractivity contribution in [1.82, 2.24) is 9.97 Å². The molecule has 5 nitrogen and oxygen atoms in total. The van der Waals surface area contributed by atoms with Crippen molar-refractivity contribution in [3.8, 4) is 11.4 Å². The largest absolute Gasteiger partial charge is 0.481 e. The minimum Gasteiger partial charge on any atom is -0.481 e. The molecule has 2 N–H and O–H groups in total. The fraction of sp³-hybridized carbons (Fsp3) is 0.190. The number of rotatable bonds is 5. The summed E-state index contributed by atoms with van der Waals surface area (Å²) >= 11 is 0. The van der Waals surface area contributed by atoms with E-state index in [0.717, 1.165) is 12.1 Å². The molecule has 0 unspecified atom stereocenters. The van der Waals surface area contributed by atoms with Gasteiger partial charge in [-0.2, -0.15) is 13.2 Å². The minimum atomic E-state index is -4.79. The van der Waals surface area contributed by atoms with E-state index >= 15 is 0 Å². The second kappa shape index (κ2) is 8.10. The van der Waals surface area contributed by atoms with Gasteiger partial charge in [-0.1, -0.05) is 18.2 Å². The molecule has 0 atom stereocenters. The van der Waals surface area contributed by atoms with E-state index in [1.165, 1.54) is 0 Å². The second-order valence-electron chi connectivity index (χ2n) is 6.69. The standard InChI is InChI=1S/C21H17F4N3O2/c1-11-12(2)26-20(14-5-8-16(17(22)10-14)21(23,24)25)28-19(11)27-15-6-3-13(4-7-15)9-18(29)30/h3-8,10H,9H2,1-2H3,(H,29,30)(H,26,27,28). The summed E-state index contributed by atoms with van der Waals surface area (Å²) in [6.07, 6.45) is -4.89. The van der Waals surface area contributed by atoms with Gasteiger partial charge in [0.2, 0.25) is 0 Å². The number of nitrogens with zero attached hydrogens (tertiary/aromatic N) is 2. The van der Waals surface area contributed by atoms with Crippen LogP contribution >= 0.6 is 0 Å². The van der Waals surface area contributed by atoms with Gasteiger partial charge >= 0.3 is 12.1 Å². The number of carboxylic acid groups (broad SMARTS) is 1. The summed E-state index contributed by atoms with van der Waals surface area (Å²) in [6, 6.07) is 9.24. The summed E-state index contributed by atoms with van der Waals surface area (Å²) in [5, 5.41) is 11.9. The third-order valence-corrected chi connectivity index (χ3v) is 4.49. The number of hydrogen-bond donors (Lipinski definition) is 2. The summed E-state index contributed by atoms with van der Waals surface area (Å²) in [6.45, 7) is 3.48. The molecule has 0 bridgehead atoms. The molecule has 1 aromatic heterocycles. The number of aromatic nitrogens is 2. The normalized spacial score (nSPS) is 11.4. The zero-order chi connectivity index (χ0) is 22.1. The van der Waals surface area contributed by atoms with Crippen LogP contribution < -0.4 is 5.32 Å². The lowest BCUT2D eigenvalue weighted by molar-refractivity contribution is -0.140. The molecule has 2 aromatic carbocycles. The molecule has 1 heterocycles. The first-order valence-electron chi connectivity index (χ1n) is 8.84. The lowest BCUT2D eigenvalue weighted by Gasteiger charge is -2.14. The smallest absolute Gasteiger partial charge is 0.419 e. The first kappa shape index (κ1) is 21.2. The highest BCUT2D eigenvalue weighted by molar-refractivity contribution is 5.71. The Morgan fingerprint density at radius 1 is 1.07 bits per heavy atom. The first-order chi connectivity index (χ1) is 14.0. The van der Waals surface area contributed by atoms with Gasteiger partial charge in [0.1, 0.15) is 11.6 Å². The van der Waals surface area contributed by atoms with E-state index in [1.807, 2.05) is 0 Å². The van der Waals surface area contributed by atoms with Gasteiger partial charge in [-0.25, -0.2) is 14.4 Å². The van der Waals surface area contributed by atoms with E-state index in [0.29, 0.717) is 34.4 Å². The Kier molecular flexibility index (Phi) is 5.73. The molecule has 0 fully saturated rings. The topological polar surface area (TPSA) is 75.1 Å². The van der Waals surface area contributed by atoms with Crippen LogP contribution in [0.15, 0.2) is 42.5 Å². The first-order valence-corrected chi connectivity index (χ1v) is 8.84. The molecule has 0 amide bonds. The van der Waals surface area contributed by atoms with Crippen molar-refractivity contribution >= 4 is 17.5 Å². The van der Waals surface area contributed by atoms with E-state index in [-0.39, 0.29) is 17.8 Å². The second-order valence-corrected chi connectivity index (χ2v) is 6.69. The number of carbonyl (C=O) groups is 1. The molecule has 3 rings (SSSR count). The number of hydrogen-bond acceptors (Lipinski definition) is 4. The fourth-order valence-electron chi connectivity index (χ4n) is 2.78. The Balaban J connectivity index is 1.93. The summed E-state index contributed by atoms with van der Waals surface area (Å²) in [5.41, 5.74) is 1.31. The zero-order valence-electron chi connectivity index (χ0n) is 16.0. The summed E-state index contributed by atoms with van der Waals surface area (Å²) in [7, 11) is 0. The monoisotopic (exact) mass is 419 g/mol. The van der Waals surface area contributed by atoms with Crippen LogP contribution in [-0.4, -0.2) is 21.0 Å². The number of anilines is 2. The minimum absolute atomic E-state index is 0.0794. The lowest BCUT2D eigenvalue weighted by atomic mass is 10.1. The molecule has 9 heteroatoms. The Bertz CT molecular complexity index is 1100. The molecule has 0 radical (unpaired) electrons. The van der Waals surface area contributed by atoms with Crippen molar-refractivity contribution in [1.29, 1.82) is 0 Å². The van der Waals surface area contributed by atoms with Crippen LogP contribution in [0.5, 0.6) is 0 Å². The number of carboxylic acids is 1. The Labute approximate surface area is 169 Å². The quantitative estimate of drug-likeness (QED) is 0.550. The highest BCUT2D eigenvalue weighted by atomic mass is 19.4. The lowest BCUT2D eigenvalue weighted by Crippen LogP contribution is -2.08. The van der Waals surface area contributed by atoms with E-state index < -0.39 is 23.5 Å². The SMILES string of the molecule is Cc1nc(-c2ccc(C(F)(F)F)c(F)c2)nc(Nc2ccc(CC(=O)O)cc2)c1C. The van der Waals surface area contributed by atoms with E-state index in [4.69, 9.17) is 5.11 Å². The number of halogens is 4. The molecular formula is C21H17F4N3O2. The summed E-state index contributed by atoms with van der Waals surface area (Å²) in [4.78, 5) is 19.4. The van der Waals surface area contributed by atoms with Crippen molar-refractivity contribution in [2.24, 2.45) is 0 Å². The van der Waals surface area contributed by atoms with Crippen molar-refractivity contribution in [2.45, 2.75) is 26.4 Å². The highest BCUT2D eigenvalue weighted by Crippen LogP contribution is 2.33. The molecule has 0 aliphatic heterocycles. The molecule has 0 saturated heterocycles. The molecule has 3 aromatic rings. The summed E-state index contributed by atoms with van der Waals surface area (Å²) in [5.74, 6) is -1.85. The van der Waals surface area contributed by atoms with E-state index in [2.05, 4.69) is 15.3 Å². The van der Waals surface area contributed by atoms with Gasteiger partial charge in [0.05, 0.1) is 12.0 Å². The van der Waals surface area contributed by atoms with Gasteiger partial charge in [-0.3, -0.25) is 4.79 Å². The average molecular weight is 419 g/mol. The third-order valence-electron chi connectivity index (χ3n) is 4.49.